The van der Waals surface area contributed by atoms with Gasteiger partial charge in [0.2, 0.25) is 11.8 Å². The number of hydrogen-bond donors (Lipinski definition) is 1. The Bertz CT molecular complexity index is 1030. The lowest BCUT2D eigenvalue weighted by atomic mass is 10.0. The third-order valence-electron chi connectivity index (χ3n) is 6.22. The minimum Gasteiger partial charge on any atom is -0.352 e. The van der Waals surface area contributed by atoms with Crippen molar-refractivity contribution in [3.05, 3.63) is 107 Å². The van der Waals surface area contributed by atoms with Crippen molar-refractivity contribution in [2.24, 2.45) is 0 Å². The zero-order chi connectivity index (χ0) is 24.3. The van der Waals surface area contributed by atoms with Crippen LogP contribution < -0.4 is 5.32 Å². The van der Waals surface area contributed by atoms with E-state index in [9.17, 15) is 9.59 Å². The number of nitrogens with zero attached hydrogens (tertiary/aromatic N) is 1. The van der Waals surface area contributed by atoms with E-state index in [0.717, 1.165) is 23.1 Å². The third kappa shape index (κ3) is 7.58. The van der Waals surface area contributed by atoms with Gasteiger partial charge in [-0.2, -0.15) is 0 Å². The highest BCUT2D eigenvalue weighted by molar-refractivity contribution is 5.88. The number of rotatable bonds is 11. The largest absolute Gasteiger partial charge is 0.352 e. The van der Waals surface area contributed by atoms with Gasteiger partial charge >= 0.3 is 0 Å². The Morgan fingerprint density at radius 2 is 1.41 bits per heavy atom. The summed E-state index contributed by atoms with van der Waals surface area (Å²) in [6, 6.07) is 27.6. The molecule has 0 aliphatic carbocycles. The summed E-state index contributed by atoms with van der Waals surface area (Å²) in [6.45, 7) is 6.50. The maximum atomic E-state index is 13.6. The van der Waals surface area contributed by atoms with E-state index < -0.39 is 6.04 Å². The number of aryl methyl sites for hydroxylation is 2. The topological polar surface area (TPSA) is 49.4 Å². The lowest BCUT2D eigenvalue weighted by molar-refractivity contribution is -0.141. The zero-order valence-electron chi connectivity index (χ0n) is 20.5. The fourth-order valence-electron chi connectivity index (χ4n) is 3.92. The second-order valence-electron chi connectivity index (χ2n) is 9.02. The van der Waals surface area contributed by atoms with Crippen molar-refractivity contribution >= 4 is 11.8 Å². The predicted octanol–water partition coefficient (Wildman–Crippen LogP) is 5.48. The molecule has 3 aromatic rings. The SMILES string of the molecule is CC[C@@H](C)NC(=O)[C@H](Cc1ccccc1)N(Cc1ccccc1)C(=O)CCc1ccc(C)cc1. The lowest BCUT2D eigenvalue weighted by Crippen LogP contribution is -2.52. The van der Waals surface area contributed by atoms with Gasteiger partial charge in [0.25, 0.3) is 0 Å². The van der Waals surface area contributed by atoms with E-state index in [1.165, 1.54) is 5.56 Å². The third-order valence-corrected chi connectivity index (χ3v) is 6.22. The predicted molar refractivity (Wildman–Crippen MR) is 138 cm³/mol. The molecule has 0 spiro atoms. The van der Waals surface area contributed by atoms with E-state index in [1.807, 2.05) is 74.5 Å². The van der Waals surface area contributed by atoms with Crippen LogP contribution >= 0.6 is 0 Å². The molecule has 0 bridgehead atoms. The summed E-state index contributed by atoms with van der Waals surface area (Å²) in [6.07, 6.45) is 2.32. The Morgan fingerprint density at radius 3 is 2.00 bits per heavy atom. The van der Waals surface area contributed by atoms with Crippen LogP contribution in [-0.4, -0.2) is 28.8 Å². The molecule has 2 amide bonds. The number of hydrogen-bond acceptors (Lipinski definition) is 2. The van der Waals surface area contributed by atoms with Crippen LogP contribution in [0.3, 0.4) is 0 Å². The molecular formula is C30H36N2O2. The first kappa shape index (κ1) is 25.2. The van der Waals surface area contributed by atoms with Crippen LogP contribution in [-0.2, 0) is 29.0 Å². The van der Waals surface area contributed by atoms with Gasteiger partial charge in [0.15, 0.2) is 0 Å². The highest BCUT2D eigenvalue weighted by Gasteiger charge is 2.30. The molecule has 3 rings (SSSR count). The zero-order valence-corrected chi connectivity index (χ0v) is 20.5. The molecule has 178 valence electrons. The maximum absolute atomic E-state index is 13.6. The molecule has 3 aromatic carbocycles. The molecular weight excluding hydrogens is 420 g/mol. The highest BCUT2D eigenvalue weighted by Crippen LogP contribution is 2.17. The molecule has 0 aliphatic heterocycles. The van der Waals surface area contributed by atoms with Crippen LogP contribution in [0.5, 0.6) is 0 Å². The summed E-state index contributed by atoms with van der Waals surface area (Å²) in [4.78, 5) is 28.9. The van der Waals surface area contributed by atoms with Crippen molar-refractivity contribution in [2.75, 3.05) is 0 Å². The fraction of sp³-hybridized carbons (Fsp3) is 0.333. The molecule has 34 heavy (non-hydrogen) atoms. The summed E-state index contributed by atoms with van der Waals surface area (Å²) >= 11 is 0. The molecule has 4 heteroatoms. The summed E-state index contributed by atoms with van der Waals surface area (Å²) in [5, 5.41) is 3.12. The highest BCUT2D eigenvalue weighted by atomic mass is 16.2. The number of nitrogens with one attached hydrogen (secondary N) is 1. The Kier molecular flexibility index (Phi) is 9.45. The van der Waals surface area contributed by atoms with Gasteiger partial charge in [-0.3, -0.25) is 9.59 Å². The van der Waals surface area contributed by atoms with Gasteiger partial charge < -0.3 is 10.2 Å². The lowest BCUT2D eigenvalue weighted by Gasteiger charge is -2.32. The van der Waals surface area contributed by atoms with Crippen molar-refractivity contribution in [3.63, 3.8) is 0 Å². The minimum absolute atomic E-state index is 0.00957. The van der Waals surface area contributed by atoms with Crippen molar-refractivity contribution in [1.29, 1.82) is 0 Å². The molecule has 0 fully saturated rings. The first-order chi connectivity index (χ1) is 16.5. The summed E-state index contributed by atoms with van der Waals surface area (Å²) in [5.41, 5.74) is 4.38. The molecule has 0 aromatic heterocycles. The average Bonchev–Trinajstić information content (AvgIpc) is 2.86. The molecule has 0 heterocycles. The van der Waals surface area contributed by atoms with Crippen LogP contribution in [0.1, 0.15) is 48.9 Å². The number of carbonyl (C=O) groups excluding carboxylic acids is 2. The van der Waals surface area contributed by atoms with E-state index in [4.69, 9.17) is 0 Å². The van der Waals surface area contributed by atoms with Crippen LogP contribution in [0.25, 0.3) is 0 Å². The molecule has 0 unspecified atom stereocenters. The number of benzene rings is 3. The summed E-state index contributed by atoms with van der Waals surface area (Å²) in [5.74, 6) is -0.109. The molecule has 0 aliphatic rings. The Balaban J connectivity index is 1.88. The van der Waals surface area contributed by atoms with Gasteiger partial charge in [-0.25, -0.2) is 0 Å². The number of carbonyl (C=O) groups is 2. The van der Waals surface area contributed by atoms with E-state index in [1.54, 1.807) is 4.90 Å². The molecule has 2 atom stereocenters. The van der Waals surface area contributed by atoms with Crippen molar-refractivity contribution in [2.45, 2.75) is 65.1 Å². The smallest absolute Gasteiger partial charge is 0.243 e. The first-order valence-corrected chi connectivity index (χ1v) is 12.2. The maximum Gasteiger partial charge on any atom is 0.243 e. The van der Waals surface area contributed by atoms with Crippen LogP contribution in [0.15, 0.2) is 84.9 Å². The summed E-state index contributed by atoms with van der Waals surface area (Å²) < 4.78 is 0. The standard InChI is InChI=1S/C30H36N2O2/c1-4-24(3)31-30(34)28(21-26-11-7-5-8-12-26)32(22-27-13-9-6-10-14-27)29(33)20-19-25-17-15-23(2)16-18-25/h5-18,24,28H,4,19-22H2,1-3H3,(H,31,34)/t24-,28+/m1/s1. The van der Waals surface area contributed by atoms with Gasteiger partial charge in [0.1, 0.15) is 6.04 Å². The number of amides is 2. The minimum atomic E-state index is -0.581. The second kappa shape index (κ2) is 12.7. The molecule has 0 radical (unpaired) electrons. The van der Waals surface area contributed by atoms with Crippen LogP contribution in [0, 0.1) is 6.92 Å². The Morgan fingerprint density at radius 1 is 0.824 bits per heavy atom. The first-order valence-electron chi connectivity index (χ1n) is 12.2. The normalized spacial score (nSPS) is 12.6. The van der Waals surface area contributed by atoms with Crippen molar-refractivity contribution in [1.82, 2.24) is 10.2 Å². The van der Waals surface area contributed by atoms with E-state index in [-0.39, 0.29) is 17.9 Å². The van der Waals surface area contributed by atoms with E-state index in [2.05, 4.69) is 36.5 Å². The average molecular weight is 457 g/mol. The van der Waals surface area contributed by atoms with Crippen LogP contribution in [0.2, 0.25) is 0 Å². The van der Waals surface area contributed by atoms with Crippen molar-refractivity contribution in [3.8, 4) is 0 Å². The molecule has 0 saturated heterocycles. The summed E-state index contributed by atoms with van der Waals surface area (Å²) in [7, 11) is 0. The Hall–Kier alpha value is -3.40. The van der Waals surface area contributed by atoms with Crippen molar-refractivity contribution < 1.29 is 9.59 Å². The fourth-order valence-corrected chi connectivity index (χ4v) is 3.92. The van der Waals surface area contributed by atoms with E-state index in [0.29, 0.717) is 25.8 Å². The van der Waals surface area contributed by atoms with Gasteiger partial charge in [0, 0.05) is 25.4 Å². The van der Waals surface area contributed by atoms with Crippen LogP contribution in [0.4, 0.5) is 0 Å². The quantitative estimate of drug-likeness (QED) is 0.415. The van der Waals surface area contributed by atoms with E-state index >= 15 is 0 Å². The molecule has 4 nitrogen and oxygen atoms in total. The monoisotopic (exact) mass is 456 g/mol. The van der Waals surface area contributed by atoms with Gasteiger partial charge in [0.05, 0.1) is 0 Å². The Labute approximate surface area is 204 Å². The van der Waals surface area contributed by atoms with Gasteiger partial charge in [-0.15, -0.1) is 0 Å². The second-order valence-corrected chi connectivity index (χ2v) is 9.02. The van der Waals surface area contributed by atoms with Gasteiger partial charge in [-0.1, -0.05) is 97.4 Å². The van der Waals surface area contributed by atoms with Gasteiger partial charge in [-0.05, 0) is 43.4 Å². The molecule has 1 N–H and O–H groups in total. The molecule has 0 saturated carbocycles.